The smallest absolute Gasteiger partial charge is 0.0135 e. The van der Waals surface area contributed by atoms with Crippen molar-refractivity contribution in [1.29, 1.82) is 0 Å². The molecule has 14 heavy (non-hydrogen) atoms. The summed E-state index contributed by atoms with van der Waals surface area (Å²) in [7, 11) is 0. The Balaban J connectivity index is 2.14. The van der Waals surface area contributed by atoms with Crippen LogP contribution in [0.4, 0.5) is 0 Å². The molecule has 0 heterocycles. The summed E-state index contributed by atoms with van der Waals surface area (Å²) in [4.78, 5) is 0. The molecule has 2 aliphatic rings. The van der Waals surface area contributed by atoms with Crippen molar-refractivity contribution in [1.82, 2.24) is 5.32 Å². The lowest BCUT2D eigenvalue weighted by molar-refractivity contribution is 0.123. The van der Waals surface area contributed by atoms with E-state index in [0.717, 1.165) is 12.5 Å². The van der Waals surface area contributed by atoms with E-state index in [0.29, 0.717) is 16.9 Å². The molecule has 0 aromatic heterocycles. The van der Waals surface area contributed by atoms with Crippen molar-refractivity contribution >= 4 is 0 Å². The Bertz CT molecular complexity index is 244. The molecule has 0 aromatic carbocycles. The third kappa shape index (κ3) is 1.11. The van der Waals surface area contributed by atoms with Crippen LogP contribution in [0.25, 0.3) is 0 Å². The van der Waals surface area contributed by atoms with Gasteiger partial charge in [-0.1, -0.05) is 26.8 Å². The quantitative estimate of drug-likeness (QED) is 0.679. The molecule has 2 bridgehead atoms. The van der Waals surface area contributed by atoms with E-state index in [-0.39, 0.29) is 0 Å². The first-order valence-electron chi connectivity index (χ1n) is 5.86. The van der Waals surface area contributed by atoms with Crippen LogP contribution >= 0.6 is 0 Å². The molecule has 0 amide bonds. The van der Waals surface area contributed by atoms with Gasteiger partial charge in [0.2, 0.25) is 0 Å². The summed E-state index contributed by atoms with van der Waals surface area (Å²) in [6.07, 6.45) is 6.19. The van der Waals surface area contributed by atoms with Gasteiger partial charge in [0.1, 0.15) is 0 Å². The van der Waals surface area contributed by atoms with Crippen LogP contribution in [-0.2, 0) is 0 Å². The minimum Gasteiger partial charge on any atom is -0.310 e. The van der Waals surface area contributed by atoms with E-state index >= 15 is 0 Å². The molecular weight excluding hydrogens is 170 g/mol. The van der Waals surface area contributed by atoms with E-state index < -0.39 is 0 Å². The average Bonchev–Trinajstić information content (AvgIpc) is 2.46. The molecule has 2 rings (SSSR count). The first-order valence-corrected chi connectivity index (χ1v) is 5.86. The predicted molar refractivity (Wildman–Crippen MR) is 61.2 cm³/mol. The number of fused-ring (bicyclic) bond motifs is 2. The third-order valence-electron chi connectivity index (χ3n) is 5.30. The van der Waals surface area contributed by atoms with E-state index in [1.165, 1.54) is 19.3 Å². The summed E-state index contributed by atoms with van der Waals surface area (Å²) in [5.41, 5.74) is 1.05. The third-order valence-corrected chi connectivity index (χ3v) is 5.30. The topological polar surface area (TPSA) is 12.0 Å². The summed E-state index contributed by atoms with van der Waals surface area (Å²) in [5.74, 6) is 0.940. The van der Waals surface area contributed by atoms with Gasteiger partial charge in [0.05, 0.1) is 0 Å². The largest absolute Gasteiger partial charge is 0.310 e. The van der Waals surface area contributed by atoms with Crippen molar-refractivity contribution in [2.75, 3.05) is 6.54 Å². The summed E-state index contributed by atoms with van der Waals surface area (Å²) in [6, 6.07) is 0.717. The molecule has 1 N–H and O–H groups in total. The molecule has 0 radical (unpaired) electrons. The van der Waals surface area contributed by atoms with Crippen molar-refractivity contribution < 1.29 is 0 Å². The standard InChI is InChI=1S/C13H23N/c1-5-8-14-11-9-10-6-7-13(11,4)12(10,2)3/h5,10-11,14H,1,6-9H2,2-4H3. The molecule has 0 aromatic rings. The normalized spacial score (nSPS) is 44.2. The molecule has 0 aliphatic heterocycles. The van der Waals surface area contributed by atoms with Crippen LogP contribution in [0.2, 0.25) is 0 Å². The van der Waals surface area contributed by atoms with Gasteiger partial charge in [-0.15, -0.1) is 6.58 Å². The van der Waals surface area contributed by atoms with E-state index in [2.05, 4.69) is 32.7 Å². The summed E-state index contributed by atoms with van der Waals surface area (Å²) < 4.78 is 0. The highest BCUT2D eigenvalue weighted by atomic mass is 15.0. The van der Waals surface area contributed by atoms with Gasteiger partial charge in [0.15, 0.2) is 0 Å². The monoisotopic (exact) mass is 193 g/mol. The maximum atomic E-state index is 3.78. The molecule has 2 aliphatic carbocycles. The highest BCUT2D eigenvalue weighted by Crippen LogP contribution is 2.65. The van der Waals surface area contributed by atoms with Crippen molar-refractivity contribution in [3.63, 3.8) is 0 Å². The zero-order valence-corrected chi connectivity index (χ0v) is 9.77. The average molecular weight is 193 g/mol. The molecule has 0 saturated heterocycles. The first kappa shape index (κ1) is 10.2. The zero-order chi connectivity index (χ0) is 10.4. The molecule has 80 valence electrons. The van der Waals surface area contributed by atoms with Gasteiger partial charge in [-0.05, 0) is 36.0 Å². The Kier molecular flexibility index (Phi) is 2.26. The molecule has 2 fully saturated rings. The van der Waals surface area contributed by atoms with Gasteiger partial charge in [-0.3, -0.25) is 0 Å². The Morgan fingerprint density at radius 3 is 2.57 bits per heavy atom. The first-order chi connectivity index (χ1) is 6.52. The van der Waals surface area contributed by atoms with Gasteiger partial charge >= 0.3 is 0 Å². The highest BCUT2D eigenvalue weighted by Gasteiger charge is 2.60. The van der Waals surface area contributed by atoms with Crippen LogP contribution in [0.3, 0.4) is 0 Å². The van der Waals surface area contributed by atoms with Crippen molar-refractivity contribution in [3.8, 4) is 0 Å². The van der Waals surface area contributed by atoms with Crippen molar-refractivity contribution in [2.24, 2.45) is 16.7 Å². The van der Waals surface area contributed by atoms with Crippen LogP contribution < -0.4 is 5.32 Å². The number of nitrogens with one attached hydrogen (secondary N) is 1. The molecule has 3 atom stereocenters. The molecule has 0 spiro atoms. The van der Waals surface area contributed by atoms with E-state index in [9.17, 15) is 0 Å². The molecule has 1 nitrogen and oxygen atoms in total. The molecule has 2 saturated carbocycles. The van der Waals surface area contributed by atoms with E-state index in [1.54, 1.807) is 0 Å². The lowest BCUT2D eigenvalue weighted by Gasteiger charge is -2.39. The van der Waals surface area contributed by atoms with Crippen molar-refractivity contribution in [3.05, 3.63) is 12.7 Å². The SMILES string of the molecule is C=CCNC1CC2CCC1(C)C2(C)C. The van der Waals surface area contributed by atoms with Crippen LogP contribution in [-0.4, -0.2) is 12.6 Å². The lowest BCUT2D eigenvalue weighted by Crippen LogP contribution is -2.44. The minimum absolute atomic E-state index is 0.515. The number of hydrogen-bond donors (Lipinski definition) is 1. The maximum absolute atomic E-state index is 3.78. The lowest BCUT2D eigenvalue weighted by atomic mass is 9.69. The van der Waals surface area contributed by atoms with Gasteiger partial charge in [0, 0.05) is 12.6 Å². The number of hydrogen-bond acceptors (Lipinski definition) is 1. The van der Waals surface area contributed by atoms with Crippen LogP contribution in [0.15, 0.2) is 12.7 Å². The fourth-order valence-corrected chi connectivity index (χ4v) is 3.74. The fourth-order valence-electron chi connectivity index (χ4n) is 3.74. The van der Waals surface area contributed by atoms with Crippen LogP contribution in [0.5, 0.6) is 0 Å². The Labute approximate surface area is 88.0 Å². The summed E-state index contributed by atoms with van der Waals surface area (Å²) in [6.45, 7) is 12.1. The molecule has 1 heteroatoms. The second kappa shape index (κ2) is 3.10. The molecule has 3 unspecified atom stereocenters. The minimum atomic E-state index is 0.515. The van der Waals surface area contributed by atoms with Gasteiger partial charge < -0.3 is 5.32 Å². The Hall–Kier alpha value is -0.300. The summed E-state index contributed by atoms with van der Waals surface area (Å²) in [5, 5.41) is 3.64. The van der Waals surface area contributed by atoms with Crippen LogP contribution in [0.1, 0.15) is 40.0 Å². The predicted octanol–water partition coefficient (Wildman–Crippen LogP) is 2.98. The highest BCUT2D eigenvalue weighted by molar-refractivity contribution is 5.13. The van der Waals surface area contributed by atoms with Gasteiger partial charge in [-0.2, -0.15) is 0 Å². The van der Waals surface area contributed by atoms with E-state index in [4.69, 9.17) is 0 Å². The van der Waals surface area contributed by atoms with Crippen molar-refractivity contribution in [2.45, 2.75) is 46.1 Å². The van der Waals surface area contributed by atoms with E-state index in [1.807, 2.05) is 6.08 Å². The van der Waals surface area contributed by atoms with Gasteiger partial charge in [-0.25, -0.2) is 0 Å². The number of rotatable bonds is 3. The maximum Gasteiger partial charge on any atom is 0.0135 e. The second-order valence-corrected chi connectivity index (χ2v) is 5.86. The summed E-state index contributed by atoms with van der Waals surface area (Å²) >= 11 is 0. The Morgan fingerprint density at radius 2 is 2.14 bits per heavy atom. The fraction of sp³-hybridized carbons (Fsp3) is 0.846. The Morgan fingerprint density at radius 1 is 1.43 bits per heavy atom. The van der Waals surface area contributed by atoms with Crippen LogP contribution in [0, 0.1) is 16.7 Å². The van der Waals surface area contributed by atoms with Gasteiger partial charge in [0.25, 0.3) is 0 Å². The molecular formula is C13H23N. The second-order valence-electron chi connectivity index (χ2n) is 5.86. The zero-order valence-electron chi connectivity index (χ0n) is 9.77.